The van der Waals surface area contributed by atoms with Gasteiger partial charge in [-0.15, -0.1) is 0 Å². The summed E-state index contributed by atoms with van der Waals surface area (Å²) in [5, 5.41) is 11.6. The molecule has 0 radical (unpaired) electrons. The number of carboxylic acid groups (broad SMARTS) is 1. The van der Waals surface area contributed by atoms with E-state index in [2.05, 4.69) is 5.32 Å². The van der Waals surface area contributed by atoms with E-state index in [1.165, 1.54) is 24.3 Å². The summed E-state index contributed by atoms with van der Waals surface area (Å²) in [6.07, 6.45) is -0.981. The molecule has 1 aromatic carbocycles. The Bertz CT molecular complexity index is 527. The topological polar surface area (TPSA) is 66.4 Å². The monoisotopic (exact) mass is 283 g/mol. The van der Waals surface area contributed by atoms with Gasteiger partial charge in [0.25, 0.3) is 6.43 Å². The molecule has 4 nitrogen and oxygen atoms in total. The molecule has 0 unspecified atom stereocenters. The molecule has 0 heterocycles. The fraction of sp³-hybridized carbons (Fsp3) is 0.429. The highest BCUT2D eigenvalue weighted by atomic mass is 19.3. The zero-order valence-electron chi connectivity index (χ0n) is 10.7. The third-order valence-electron chi connectivity index (χ3n) is 3.69. The normalized spacial score (nSPS) is 16.6. The van der Waals surface area contributed by atoms with Crippen molar-refractivity contribution in [3.8, 4) is 0 Å². The number of hydrogen-bond donors (Lipinski definition) is 2. The summed E-state index contributed by atoms with van der Waals surface area (Å²) in [6.45, 7) is 0. The maximum Gasteiger partial charge on any atom is 0.310 e. The van der Waals surface area contributed by atoms with E-state index < -0.39 is 23.7 Å². The van der Waals surface area contributed by atoms with Crippen LogP contribution in [-0.2, 0) is 9.59 Å². The van der Waals surface area contributed by atoms with Crippen LogP contribution in [0.5, 0.6) is 0 Å². The molecule has 1 aliphatic carbocycles. The number of carbonyl (C=O) groups is 2. The molecule has 1 aromatic rings. The lowest BCUT2D eigenvalue weighted by molar-refractivity contribution is -0.157. The van der Waals surface area contributed by atoms with Gasteiger partial charge in [-0.2, -0.15) is 0 Å². The minimum absolute atomic E-state index is 0.124. The molecule has 0 saturated heterocycles. The molecule has 0 aromatic heterocycles. The maximum atomic E-state index is 12.5. The van der Waals surface area contributed by atoms with Crippen molar-refractivity contribution in [2.45, 2.75) is 32.1 Å². The molecular formula is C14H15F2NO3. The second-order valence-electron chi connectivity index (χ2n) is 5.09. The van der Waals surface area contributed by atoms with Crippen LogP contribution in [-0.4, -0.2) is 17.0 Å². The van der Waals surface area contributed by atoms with Crippen LogP contribution in [0.3, 0.4) is 0 Å². The Kier molecular flexibility index (Phi) is 4.01. The third kappa shape index (κ3) is 2.95. The molecule has 0 aliphatic heterocycles. The number of halogens is 2. The zero-order chi connectivity index (χ0) is 14.8. The van der Waals surface area contributed by atoms with Crippen molar-refractivity contribution >= 4 is 17.6 Å². The van der Waals surface area contributed by atoms with Gasteiger partial charge in [0, 0.05) is 17.7 Å². The average molecular weight is 283 g/mol. The molecule has 6 heteroatoms. The van der Waals surface area contributed by atoms with Crippen molar-refractivity contribution < 1.29 is 23.5 Å². The second-order valence-corrected chi connectivity index (χ2v) is 5.09. The van der Waals surface area contributed by atoms with Crippen LogP contribution in [0.1, 0.15) is 37.7 Å². The lowest BCUT2D eigenvalue weighted by Gasteiger charge is -2.36. The van der Waals surface area contributed by atoms with Crippen molar-refractivity contribution in [3.05, 3.63) is 29.8 Å². The van der Waals surface area contributed by atoms with Gasteiger partial charge in [0.2, 0.25) is 5.91 Å². The van der Waals surface area contributed by atoms with Crippen molar-refractivity contribution in [1.29, 1.82) is 0 Å². The molecule has 1 aliphatic rings. The predicted octanol–water partition coefficient (Wildman–Crippen LogP) is 3.21. The molecule has 2 N–H and O–H groups in total. The summed E-state index contributed by atoms with van der Waals surface area (Å²) in [5.41, 5.74) is -0.906. The van der Waals surface area contributed by atoms with E-state index in [9.17, 15) is 18.4 Å². The first kappa shape index (κ1) is 14.4. The number of nitrogens with one attached hydrogen (secondary N) is 1. The summed E-state index contributed by atoms with van der Waals surface area (Å²) in [4.78, 5) is 23.0. The highest BCUT2D eigenvalue weighted by molar-refractivity contribution is 5.94. The van der Waals surface area contributed by atoms with Crippen molar-refractivity contribution in [1.82, 2.24) is 0 Å². The standard InChI is InChI=1S/C14H15F2NO3/c15-12(16)9-3-1-4-10(7-9)17-11(18)8-14(13(19)20)5-2-6-14/h1,3-4,7,12H,2,5-6,8H2,(H,17,18)(H,19,20). The van der Waals surface area contributed by atoms with E-state index in [-0.39, 0.29) is 17.7 Å². The van der Waals surface area contributed by atoms with Crippen LogP contribution in [0.4, 0.5) is 14.5 Å². The van der Waals surface area contributed by atoms with Gasteiger partial charge in [-0.05, 0) is 25.0 Å². The minimum atomic E-state index is -2.61. The molecule has 1 amide bonds. The number of alkyl halides is 2. The van der Waals surface area contributed by atoms with Gasteiger partial charge < -0.3 is 10.4 Å². The molecule has 20 heavy (non-hydrogen) atoms. The van der Waals surface area contributed by atoms with Gasteiger partial charge in [0.1, 0.15) is 0 Å². The van der Waals surface area contributed by atoms with E-state index in [0.29, 0.717) is 12.8 Å². The number of aliphatic carboxylic acids is 1. The van der Waals surface area contributed by atoms with E-state index in [1.54, 1.807) is 0 Å². The van der Waals surface area contributed by atoms with Crippen LogP contribution in [0, 0.1) is 5.41 Å². The van der Waals surface area contributed by atoms with Gasteiger partial charge >= 0.3 is 5.97 Å². The van der Waals surface area contributed by atoms with E-state index in [1.807, 2.05) is 0 Å². The Labute approximate surface area is 114 Å². The van der Waals surface area contributed by atoms with Crippen LogP contribution in [0.2, 0.25) is 0 Å². The van der Waals surface area contributed by atoms with Gasteiger partial charge in [-0.1, -0.05) is 18.6 Å². The van der Waals surface area contributed by atoms with Crippen molar-refractivity contribution in [2.75, 3.05) is 5.32 Å². The molecule has 1 fully saturated rings. The third-order valence-corrected chi connectivity index (χ3v) is 3.69. The molecule has 1 saturated carbocycles. The fourth-order valence-electron chi connectivity index (χ4n) is 2.33. The lowest BCUT2D eigenvalue weighted by Crippen LogP contribution is -2.41. The molecular weight excluding hydrogens is 268 g/mol. The highest BCUT2D eigenvalue weighted by Crippen LogP contribution is 2.44. The van der Waals surface area contributed by atoms with Gasteiger partial charge in [0.05, 0.1) is 5.41 Å². The van der Waals surface area contributed by atoms with E-state index in [4.69, 9.17) is 5.11 Å². The number of amides is 1. The Morgan fingerprint density at radius 2 is 2.05 bits per heavy atom. The van der Waals surface area contributed by atoms with Crippen LogP contribution in [0.15, 0.2) is 24.3 Å². The van der Waals surface area contributed by atoms with Gasteiger partial charge in [0.15, 0.2) is 0 Å². The zero-order valence-corrected chi connectivity index (χ0v) is 10.7. The molecule has 0 atom stereocenters. The second kappa shape index (κ2) is 5.56. The Morgan fingerprint density at radius 1 is 1.35 bits per heavy atom. The number of benzene rings is 1. The maximum absolute atomic E-state index is 12.5. The first-order chi connectivity index (χ1) is 9.43. The van der Waals surface area contributed by atoms with E-state index >= 15 is 0 Å². The van der Waals surface area contributed by atoms with Crippen LogP contribution < -0.4 is 5.32 Å². The molecule has 108 valence electrons. The SMILES string of the molecule is O=C(CC1(C(=O)O)CCC1)Nc1cccc(C(F)F)c1. The highest BCUT2D eigenvalue weighted by Gasteiger charge is 2.45. The Morgan fingerprint density at radius 3 is 2.55 bits per heavy atom. The molecule has 0 bridgehead atoms. The first-order valence-corrected chi connectivity index (χ1v) is 6.34. The quantitative estimate of drug-likeness (QED) is 0.872. The van der Waals surface area contributed by atoms with Gasteiger partial charge in [-0.3, -0.25) is 9.59 Å². The fourth-order valence-corrected chi connectivity index (χ4v) is 2.33. The Hall–Kier alpha value is -1.98. The van der Waals surface area contributed by atoms with Crippen LogP contribution >= 0.6 is 0 Å². The smallest absolute Gasteiger partial charge is 0.310 e. The number of rotatable bonds is 5. The summed E-state index contributed by atoms with van der Waals surface area (Å²) in [5.74, 6) is -1.43. The molecule has 0 spiro atoms. The average Bonchev–Trinajstić information content (AvgIpc) is 2.33. The van der Waals surface area contributed by atoms with Gasteiger partial charge in [-0.25, -0.2) is 8.78 Å². The van der Waals surface area contributed by atoms with Crippen LogP contribution in [0.25, 0.3) is 0 Å². The summed E-state index contributed by atoms with van der Waals surface area (Å²) < 4.78 is 25.1. The number of hydrogen-bond acceptors (Lipinski definition) is 2. The minimum Gasteiger partial charge on any atom is -0.481 e. The first-order valence-electron chi connectivity index (χ1n) is 6.34. The summed E-state index contributed by atoms with van der Waals surface area (Å²) in [7, 11) is 0. The predicted molar refractivity (Wildman–Crippen MR) is 68.6 cm³/mol. The van der Waals surface area contributed by atoms with E-state index in [0.717, 1.165) is 6.42 Å². The van der Waals surface area contributed by atoms with Crippen molar-refractivity contribution in [2.24, 2.45) is 5.41 Å². The largest absolute Gasteiger partial charge is 0.481 e. The summed E-state index contributed by atoms with van der Waals surface area (Å²) in [6, 6.07) is 5.38. The summed E-state index contributed by atoms with van der Waals surface area (Å²) >= 11 is 0. The Balaban J connectivity index is 2.01. The lowest BCUT2D eigenvalue weighted by atomic mass is 9.66. The number of carbonyl (C=O) groups excluding carboxylic acids is 1. The molecule has 2 rings (SSSR count). The van der Waals surface area contributed by atoms with Crippen molar-refractivity contribution in [3.63, 3.8) is 0 Å². The number of carboxylic acids is 1. The number of anilines is 1.